The molecule has 0 saturated heterocycles. The normalized spacial score (nSPS) is 15.6. The number of anilines is 1. The van der Waals surface area contributed by atoms with Crippen LogP contribution in [0.5, 0.6) is 0 Å². The average molecular weight is 472 g/mol. The van der Waals surface area contributed by atoms with Crippen molar-refractivity contribution in [3.63, 3.8) is 0 Å². The lowest BCUT2D eigenvalue weighted by Crippen LogP contribution is -2.15. The van der Waals surface area contributed by atoms with Gasteiger partial charge in [0.05, 0.1) is 10.7 Å². The lowest BCUT2D eigenvalue weighted by Gasteiger charge is -2.19. The van der Waals surface area contributed by atoms with Gasteiger partial charge in [-0.05, 0) is 50.7 Å². The number of thiophene rings is 1. The molecule has 0 fully saturated rings. The zero-order valence-corrected chi connectivity index (χ0v) is 19.8. The van der Waals surface area contributed by atoms with Gasteiger partial charge in [-0.2, -0.15) is 0 Å². The summed E-state index contributed by atoms with van der Waals surface area (Å²) in [6.45, 7) is 6.47. The molecule has 1 aliphatic rings. The van der Waals surface area contributed by atoms with E-state index in [2.05, 4.69) is 46.2 Å². The van der Waals surface area contributed by atoms with Crippen molar-refractivity contribution in [2.75, 3.05) is 11.1 Å². The van der Waals surface area contributed by atoms with E-state index in [1.807, 2.05) is 0 Å². The van der Waals surface area contributed by atoms with Crippen LogP contribution in [0.15, 0.2) is 34.8 Å². The molecule has 1 aliphatic carbocycles. The van der Waals surface area contributed by atoms with Gasteiger partial charge in [-0.3, -0.25) is 19.5 Å². The van der Waals surface area contributed by atoms with E-state index < -0.39 is 4.92 Å². The molecular weight excluding hydrogens is 446 g/mol. The molecule has 0 spiro atoms. The van der Waals surface area contributed by atoms with Gasteiger partial charge in [-0.1, -0.05) is 24.8 Å². The molecule has 4 rings (SSSR count). The Labute approximate surface area is 194 Å². The van der Waals surface area contributed by atoms with Crippen LogP contribution in [0.4, 0.5) is 11.4 Å². The number of nitro groups is 1. The predicted molar refractivity (Wildman–Crippen MR) is 127 cm³/mol. The van der Waals surface area contributed by atoms with E-state index in [1.165, 1.54) is 40.8 Å². The molecule has 3 aromatic rings. The summed E-state index contributed by atoms with van der Waals surface area (Å²) in [6.07, 6.45) is 3.37. The van der Waals surface area contributed by atoms with E-state index in [0.29, 0.717) is 16.8 Å². The molecule has 0 aliphatic heterocycles. The number of fused-ring (bicyclic) bond motifs is 1. The molecule has 1 N–H and O–H groups in total. The zero-order chi connectivity index (χ0) is 22.8. The average Bonchev–Trinajstić information content (AvgIpc) is 3.35. The maximum Gasteiger partial charge on any atom is 0.271 e. The van der Waals surface area contributed by atoms with Crippen LogP contribution in [0.25, 0.3) is 11.4 Å². The Balaban J connectivity index is 1.49. The summed E-state index contributed by atoms with van der Waals surface area (Å²) in [5.74, 6) is 1.45. The van der Waals surface area contributed by atoms with Crippen molar-refractivity contribution in [2.24, 2.45) is 5.92 Å². The van der Waals surface area contributed by atoms with E-state index in [4.69, 9.17) is 0 Å². The number of nitro benzene ring substituents is 1. The fraction of sp³-hybridized carbons (Fsp3) is 0.409. The van der Waals surface area contributed by atoms with Gasteiger partial charge in [-0.25, -0.2) is 0 Å². The fourth-order valence-electron chi connectivity index (χ4n) is 3.91. The van der Waals surface area contributed by atoms with Crippen molar-refractivity contribution in [3.05, 3.63) is 50.2 Å². The first-order chi connectivity index (χ1) is 15.3. The number of nitrogens with zero attached hydrogens (tertiary/aromatic N) is 4. The maximum absolute atomic E-state index is 12.4. The first-order valence-electron chi connectivity index (χ1n) is 10.5. The summed E-state index contributed by atoms with van der Waals surface area (Å²) in [4.78, 5) is 24.3. The van der Waals surface area contributed by atoms with E-state index in [0.717, 1.165) is 24.2 Å². The smallest absolute Gasteiger partial charge is 0.271 e. The number of rotatable bonds is 7. The van der Waals surface area contributed by atoms with Gasteiger partial charge < -0.3 is 5.32 Å². The number of thioether (sulfide) groups is 1. The highest BCUT2D eigenvalue weighted by atomic mass is 32.2. The molecule has 0 bridgehead atoms. The Hall–Kier alpha value is -2.72. The Morgan fingerprint density at radius 3 is 2.97 bits per heavy atom. The van der Waals surface area contributed by atoms with E-state index in [1.54, 1.807) is 23.5 Å². The van der Waals surface area contributed by atoms with Crippen molar-refractivity contribution in [1.29, 1.82) is 0 Å². The van der Waals surface area contributed by atoms with Crippen molar-refractivity contribution >= 4 is 40.4 Å². The van der Waals surface area contributed by atoms with Crippen LogP contribution in [0, 0.1) is 16.0 Å². The molecule has 2 aromatic heterocycles. The summed E-state index contributed by atoms with van der Waals surface area (Å²) < 4.78 is 2.09. The minimum absolute atomic E-state index is 0.0619. The summed E-state index contributed by atoms with van der Waals surface area (Å²) in [6, 6.07) is 6.05. The van der Waals surface area contributed by atoms with Gasteiger partial charge in [0.1, 0.15) is 0 Å². The van der Waals surface area contributed by atoms with Gasteiger partial charge in [0.2, 0.25) is 5.91 Å². The molecule has 1 amide bonds. The third kappa shape index (κ3) is 4.71. The van der Waals surface area contributed by atoms with Gasteiger partial charge in [0, 0.05) is 39.7 Å². The van der Waals surface area contributed by atoms with E-state index >= 15 is 0 Å². The fourth-order valence-corrected chi connectivity index (χ4v) is 6.02. The molecule has 0 radical (unpaired) electrons. The first kappa shape index (κ1) is 22.5. The molecule has 1 aromatic carbocycles. The third-order valence-electron chi connectivity index (χ3n) is 5.50. The van der Waals surface area contributed by atoms with Crippen molar-refractivity contribution in [3.8, 4) is 11.4 Å². The molecule has 1 atom stereocenters. The molecule has 8 nitrogen and oxygen atoms in total. The number of amides is 1. The molecule has 1 unspecified atom stereocenters. The van der Waals surface area contributed by atoms with Crippen LogP contribution in [0.2, 0.25) is 0 Å². The van der Waals surface area contributed by atoms with Crippen LogP contribution in [0.1, 0.15) is 43.7 Å². The second-order valence-corrected chi connectivity index (χ2v) is 10.2. The van der Waals surface area contributed by atoms with Gasteiger partial charge in [0.15, 0.2) is 11.0 Å². The number of nitrogens with one attached hydrogen (secondary N) is 1. The molecule has 168 valence electrons. The minimum Gasteiger partial charge on any atom is -0.325 e. The standard InChI is InChI=1S/C22H25N5O3S2/c1-13(2)26-21(18-11-31-19-9-14(3)7-8-17(18)19)24-25-22(26)32-12-20(28)23-15-5-4-6-16(10-15)27(29)30/h4-6,10-11,13-14H,7-9,12H2,1-3H3,(H,23,28). The number of hydrogen-bond donors (Lipinski definition) is 1. The quantitative estimate of drug-likeness (QED) is 0.283. The Kier molecular flexibility index (Phi) is 6.61. The zero-order valence-electron chi connectivity index (χ0n) is 18.2. The van der Waals surface area contributed by atoms with Crippen molar-refractivity contribution < 1.29 is 9.72 Å². The number of benzene rings is 1. The van der Waals surface area contributed by atoms with Gasteiger partial charge >= 0.3 is 0 Å². The van der Waals surface area contributed by atoms with Crippen LogP contribution in [-0.2, 0) is 17.6 Å². The second-order valence-electron chi connectivity index (χ2n) is 8.31. The van der Waals surface area contributed by atoms with Crippen molar-refractivity contribution in [1.82, 2.24) is 14.8 Å². The molecule has 10 heteroatoms. The topological polar surface area (TPSA) is 103 Å². The van der Waals surface area contributed by atoms with E-state index in [9.17, 15) is 14.9 Å². The number of non-ortho nitro benzene ring substituents is 1. The van der Waals surface area contributed by atoms with Crippen LogP contribution < -0.4 is 5.32 Å². The Bertz CT molecular complexity index is 1150. The summed E-state index contributed by atoms with van der Waals surface area (Å²) >= 11 is 3.12. The van der Waals surface area contributed by atoms with E-state index in [-0.39, 0.29) is 23.4 Å². The number of carbonyl (C=O) groups is 1. The summed E-state index contributed by atoms with van der Waals surface area (Å²) in [5, 5.41) is 25.4. The summed E-state index contributed by atoms with van der Waals surface area (Å²) in [5.41, 5.74) is 2.89. The highest BCUT2D eigenvalue weighted by molar-refractivity contribution is 7.99. The third-order valence-corrected chi connectivity index (χ3v) is 7.49. The summed E-state index contributed by atoms with van der Waals surface area (Å²) in [7, 11) is 0. The molecule has 0 saturated carbocycles. The Morgan fingerprint density at radius 2 is 2.22 bits per heavy atom. The molecular formula is C22H25N5O3S2. The second kappa shape index (κ2) is 9.41. The lowest BCUT2D eigenvalue weighted by atomic mass is 9.88. The monoisotopic (exact) mass is 471 g/mol. The maximum atomic E-state index is 12.4. The highest BCUT2D eigenvalue weighted by Gasteiger charge is 2.25. The molecule has 2 heterocycles. The predicted octanol–water partition coefficient (Wildman–Crippen LogP) is 5.35. The number of aromatic nitrogens is 3. The van der Waals surface area contributed by atoms with Crippen LogP contribution in [-0.4, -0.2) is 31.3 Å². The minimum atomic E-state index is -0.485. The highest BCUT2D eigenvalue weighted by Crippen LogP contribution is 2.39. The van der Waals surface area contributed by atoms with Crippen LogP contribution >= 0.6 is 23.1 Å². The lowest BCUT2D eigenvalue weighted by molar-refractivity contribution is -0.384. The van der Waals surface area contributed by atoms with Crippen LogP contribution in [0.3, 0.4) is 0 Å². The van der Waals surface area contributed by atoms with Crippen molar-refractivity contribution in [2.45, 2.75) is 51.2 Å². The van der Waals surface area contributed by atoms with Gasteiger partial charge in [0.25, 0.3) is 5.69 Å². The molecule has 32 heavy (non-hydrogen) atoms. The SMILES string of the molecule is CC1CCc2c(-c3nnc(SCC(=O)Nc4cccc([N+](=O)[O-])c4)n3C(C)C)csc2C1. The number of carbonyl (C=O) groups excluding carboxylic acids is 1. The number of hydrogen-bond acceptors (Lipinski definition) is 7. The van der Waals surface area contributed by atoms with Gasteiger partial charge in [-0.15, -0.1) is 21.5 Å². The first-order valence-corrected chi connectivity index (χ1v) is 12.4. The Morgan fingerprint density at radius 1 is 1.41 bits per heavy atom. The largest absolute Gasteiger partial charge is 0.325 e.